The van der Waals surface area contributed by atoms with Crippen LogP contribution in [0.2, 0.25) is 10.3 Å². The van der Waals surface area contributed by atoms with Gasteiger partial charge in [-0.3, -0.25) is 0 Å². The van der Waals surface area contributed by atoms with E-state index in [1.54, 1.807) is 18.2 Å². The molecule has 0 radical (unpaired) electrons. The minimum atomic E-state index is -0.695. The van der Waals surface area contributed by atoms with Crippen LogP contribution in [0.4, 0.5) is 4.39 Å². The molecular formula is C17H9Cl2FN2O3. The maximum Gasteiger partial charge on any atom is 0.343 e. The number of furan rings is 1. The van der Waals surface area contributed by atoms with Crippen LogP contribution in [0.5, 0.6) is 0 Å². The minimum Gasteiger partial charge on any atom is -0.463 e. The van der Waals surface area contributed by atoms with Gasteiger partial charge in [0.1, 0.15) is 28.9 Å². The maximum atomic E-state index is 13.2. The Balaban J connectivity index is 1.77. The fourth-order valence-corrected chi connectivity index (χ4v) is 3.16. The molecule has 4 rings (SSSR count). The molecular weight excluding hydrogens is 370 g/mol. The van der Waals surface area contributed by atoms with Crippen molar-refractivity contribution in [1.82, 2.24) is 9.97 Å². The molecule has 0 saturated heterocycles. The number of benzene rings is 1. The van der Waals surface area contributed by atoms with Crippen molar-refractivity contribution in [3.05, 3.63) is 69.5 Å². The highest BCUT2D eigenvalue weighted by molar-refractivity contribution is 6.31. The molecule has 0 saturated carbocycles. The third kappa shape index (κ3) is 2.88. The van der Waals surface area contributed by atoms with E-state index in [1.165, 1.54) is 18.4 Å². The number of esters is 1. The number of carbonyl (C=O) groups excluding carboxylic acids is 1. The maximum absolute atomic E-state index is 13.2. The lowest BCUT2D eigenvalue weighted by Crippen LogP contribution is -2.05. The zero-order valence-electron chi connectivity index (χ0n) is 12.5. The summed E-state index contributed by atoms with van der Waals surface area (Å²) in [7, 11) is 0. The molecule has 0 amide bonds. The molecule has 3 heterocycles. The molecule has 0 spiro atoms. The van der Waals surface area contributed by atoms with Crippen molar-refractivity contribution in [2.75, 3.05) is 0 Å². The van der Waals surface area contributed by atoms with Crippen molar-refractivity contribution in [3.63, 3.8) is 0 Å². The molecule has 1 aliphatic heterocycles. The fraction of sp³-hybridized carbons (Fsp3) is 0.118. The van der Waals surface area contributed by atoms with Crippen LogP contribution in [0, 0.1) is 5.82 Å². The molecule has 0 aliphatic carbocycles. The molecule has 8 heteroatoms. The Bertz CT molecular complexity index is 976. The van der Waals surface area contributed by atoms with Crippen molar-refractivity contribution in [3.8, 4) is 11.5 Å². The average Bonchev–Trinajstić information content (AvgIpc) is 3.19. The van der Waals surface area contributed by atoms with Gasteiger partial charge in [-0.2, -0.15) is 0 Å². The quantitative estimate of drug-likeness (QED) is 0.490. The smallest absolute Gasteiger partial charge is 0.343 e. The Morgan fingerprint density at radius 1 is 1.20 bits per heavy atom. The predicted molar refractivity (Wildman–Crippen MR) is 88.0 cm³/mol. The van der Waals surface area contributed by atoms with Gasteiger partial charge in [-0.05, 0) is 41.4 Å². The molecule has 1 aromatic carbocycles. The monoisotopic (exact) mass is 378 g/mol. The van der Waals surface area contributed by atoms with E-state index in [2.05, 4.69) is 9.97 Å². The summed E-state index contributed by atoms with van der Waals surface area (Å²) in [6.07, 6.45) is 1.01. The van der Waals surface area contributed by atoms with Crippen LogP contribution in [0.25, 0.3) is 11.5 Å². The fourth-order valence-electron chi connectivity index (χ4n) is 2.74. The summed E-state index contributed by atoms with van der Waals surface area (Å²) in [5, 5.41) is 0.217. The van der Waals surface area contributed by atoms with Gasteiger partial charge in [0.2, 0.25) is 5.28 Å². The van der Waals surface area contributed by atoms with E-state index in [1.807, 2.05) is 0 Å². The molecule has 1 unspecified atom stereocenters. The van der Waals surface area contributed by atoms with Crippen molar-refractivity contribution >= 4 is 29.2 Å². The Labute approximate surface area is 151 Å². The first-order chi connectivity index (χ1) is 12.0. The van der Waals surface area contributed by atoms with Crippen molar-refractivity contribution in [2.24, 2.45) is 0 Å². The summed E-state index contributed by atoms with van der Waals surface area (Å²) in [5.74, 6) is -0.623. The number of fused-ring (bicyclic) bond motifs is 1. The Kier molecular flexibility index (Phi) is 3.94. The van der Waals surface area contributed by atoms with E-state index in [4.69, 9.17) is 32.4 Å². The number of carbonyl (C=O) groups is 1. The van der Waals surface area contributed by atoms with Crippen LogP contribution in [0.15, 0.2) is 41.0 Å². The number of ether oxygens (including phenoxy) is 1. The van der Waals surface area contributed by atoms with Crippen LogP contribution < -0.4 is 0 Å². The summed E-state index contributed by atoms with van der Waals surface area (Å²) < 4.78 is 23.9. The number of aromatic nitrogens is 2. The lowest BCUT2D eigenvalue weighted by molar-refractivity contribution is 0.0382. The van der Waals surface area contributed by atoms with E-state index < -0.39 is 17.9 Å². The first-order valence-electron chi connectivity index (χ1n) is 7.29. The molecule has 25 heavy (non-hydrogen) atoms. The molecule has 2 aromatic heterocycles. The first kappa shape index (κ1) is 16.1. The van der Waals surface area contributed by atoms with Gasteiger partial charge in [-0.25, -0.2) is 19.2 Å². The molecule has 1 atom stereocenters. The second-order valence-electron chi connectivity index (χ2n) is 5.41. The van der Waals surface area contributed by atoms with Crippen molar-refractivity contribution in [2.45, 2.75) is 12.5 Å². The van der Waals surface area contributed by atoms with Gasteiger partial charge in [0.15, 0.2) is 5.76 Å². The molecule has 1 aliphatic rings. The second kappa shape index (κ2) is 6.13. The first-order valence-corrected chi connectivity index (χ1v) is 8.04. The summed E-state index contributed by atoms with van der Waals surface area (Å²) in [6, 6.07) is 7.37. The van der Waals surface area contributed by atoms with E-state index in [9.17, 15) is 9.18 Å². The topological polar surface area (TPSA) is 65.2 Å². The van der Waals surface area contributed by atoms with Crippen molar-refractivity contribution < 1.29 is 18.3 Å². The molecule has 0 bridgehead atoms. The molecule has 126 valence electrons. The third-order valence-corrected chi connectivity index (χ3v) is 4.36. The van der Waals surface area contributed by atoms with Gasteiger partial charge in [0.05, 0.1) is 6.26 Å². The van der Waals surface area contributed by atoms with Crippen LogP contribution in [0.3, 0.4) is 0 Å². The third-order valence-electron chi connectivity index (χ3n) is 3.84. The largest absolute Gasteiger partial charge is 0.463 e. The van der Waals surface area contributed by atoms with Gasteiger partial charge in [-0.15, -0.1) is 0 Å². The average molecular weight is 379 g/mol. The lowest BCUT2D eigenvalue weighted by atomic mass is 10.0. The Hall–Kier alpha value is -2.44. The summed E-state index contributed by atoms with van der Waals surface area (Å²) in [4.78, 5) is 20.6. The molecule has 0 fully saturated rings. The molecule has 5 nitrogen and oxygen atoms in total. The predicted octanol–water partition coefficient (Wildman–Crippen LogP) is 4.64. The highest BCUT2D eigenvalue weighted by Crippen LogP contribution is 2.38. The highest BCUT2D eigenvalue weighted by atomic mass is 35.5. The number of rotatable bonds is 3. The zero-order chi connectivity index (χ0) is 17.6. The number of halogens is 3. The summed E-state index contributed by atoms with van der Waals surface area (Å²) in [6.45, 7) is 0. The summed E-state index contributed by atoms with van der Waals surface area (Å²) >= 11 is 12.1. The standard InChI is InChI=1S/C17H9Cl2FN2O3/c18-10-7-9(20)4-3-8(10)6-12-15-13(16(23)25-12)14(21-17(19)22-15)11-2-1-5-24-11/h1-5,7,12H,6H2. The van der Waals surface area contributed by atoms with Crippen molar-refractivity contribution in [1.29, 1.82) is 0 Å². The van der Waals surface area contributed by atoms with Gasteiger partial charge in [0.25, 0.3) is 0 Å². The van der Waals surface area contributed by atoms with Crippen LogP contribution in [0.1, 0.15) is 27.7 Å². The van der Waals surface area contributed by atoms with E-state index in [-0.39, 0.29) is 28.0 Å². The van der Waals surface area contributed by atoms with Gasteiger partial charge >= 0.3 is 5.97 Å². The second-order valence-corrected chi connectivity index (χ2v) is 6.16. The van der Waals surface area contributed by atoms with Gasteiger partial charge < -0.3 is 9.15 Å². The van der Waals surface area contributed by atoms with Crippen LogP contribution >= 0.6 is 23.2 Å². The molecule has 3 aromatic rings. The van der Waals surface area contributed by atoms with E-state index in [0.717, 1.165) is 0 Å². The Morgan fingerprint density at radius 3 is 2.76 bits per heavy atom. The van der Waals surface area contributed by atoms with E-state index in [0.29, 0.717) is 17.0 Å². The van der Waals surface area contributed by atoms with E-state index >= 15 is 0 Å². The highest BCUT2D eigenvalue weighted by Gasteiger charge is 2.37. The number of hydrogen-bond donors (Lipinski definition) is 0. The SMILES string of the molecule is O=C1OC(Cc2ccc(F)cc2Cl)c2nc(Cl)nc(-c3ccco3)c21. The summed E-state index contributed by atoms with van der Waals surface area (Å²) in [5.41, 5.74) is 1.47. The van der Waals surface area contributed by atoms with Gasteiger partial charge in [-0.1, -0.05) is 17.7 Å². The number of nitrogens with zero attached hydrogens (tertiary/aromatic N) is 2. The normalized spacial score (nSPS) is 16.0. The van der Waals surface area contributed by atoms with Crippen LogP contribution in [-0.4, -0.2) is 15.9 Å². The Morgan fingerprint density at radius 2 is 2.04 bits per heavy atom. The van der Waals surface area contributed by atoms with Gasteiger partial charge in [0, 0.05) is 11.4 Å². The van der Waals surface area contributed by atoms with Crippen LogP contribution in [-0.2, 0) is 11.2 Å². The molecule has 0 N–H and O–H groups in total. The minimum absolute atomic E-state index is 0.0290. The zero-order valence-corrected chi connectivity index (χ0v) is 14.0. The number of cyclic esters (lactones) is 1. The number of hydrogen-bond acceptors (Lipinski definition) is 5. The lowest BCUT2D eigenvalue weighted by Gasteiger charge is -2.11.